The van der Waals surface area contributed by atoms with Crippen molar-refractivity contribution < 1.29 is 105 Å². The van der Waals surface area contributed by atoms with Crippen molar-refractivity contribution in [2.45, 2.75) is 38.1 Å². The molecule has 0 saturated heterocycles. The van der Waals surface area contributed by atoms with Crippen LogP contribution in [0.1, 0.15) is 20.3 Å². The van der Waals surface area contributed by atoms with Crippen LogP contribution < -0.4 is 34.7 Å². The zero-order chi connectivity index (χ0) is 27.5. The molecule has 16 nitrogen and oxygen atoms in total. The van der Waals surface area contributed by atoms with Crippen LogP contribution in [-0.2, 0) is 25.6 Å². The average Bonchev–Trinajstić information content (AvgIpc) is 2.58. The molecule has 3 atom stereocenters. The smallest absolute Gasteiger partial charge is 0.550 e. The van der Waals surface area contributed by atoms with Crippen molar-refractivity contribution in [1.82, 2.24) is 0 Å². The minimum Gasteiger partial charge on any atom is -0.550 e. The first kappa shape index (κ1) is 43.1. The molecule has 34 heavy (non-hydrogen) atoms. The number of aromatic hydroxyl groups is 1. The molecule has 0 aliphatic heterocycles. The molecular formula is C15H29NaO16S2. The van der Waals surface area contributed by atoms with Crippen LogP contribution in [0.2, 0.25) is 0 Å². The molecule has 0 radical (unpaired) electrons. The van der Waals surface area contributed by atoms with Crippen LogP contribution >= 0.6 is 0 Å². The summed E-state index contributed by atoms with van der Waals surface area (Å²) in [5.41, 5.74) is -1.57. The van der Waals surface area contributed by atoms with E-state index in [4.69, 9.17) is 70.5 Å². The molecule has 0 aliphatic rings. The fraction of sp³-hybridized carbons (Fsp3) is 0.533. The molecular weight excluding hydrogens is 523 g/mol. The summed E-state index contributed by atoms with van der Waals surface area (Å²) < 4.78 is 63.2. The van der Waals surface area contributed by atoms with Crippen LogP contribution in [0.3, 0.4) is 0 Å². The third kappa shape index (κ3) is 57.7. The molecule has 0 spiro atoms. The van der Waals surface area contributed by atoms with Crippen LogP contribution in [-0.4, -0.2) is 103 Å². The van der Waals surface area contributed by atoms with Crippen LogP contribution in [0.15, 0.2) is 30.3 Å². The predicted octanol–water partition coefficient (Wildman–Crippen LogP) is -6.32. The Hall–Kier alpha value is -0.970. The maximum atomic E-state index is 9.40. The molecule has 1 rings (SSSR count). The Morgan fingerprint density at radius 2 is 1.24 bits per heavy atom. The summed E-state index contributed by atoms with van der Waals surface area (Å²) >= 11 is 0. The maximum absolute atomic E-state index is 9.40. The number of hydrogen-bond donors (Lipinski definition) is 10. The second-order valence-electron chi connectivity index (χ2n) is 5.82. The second-order valence-corrected chi connectivity index (χ2v) is 7.61. The number of hydrogen-bond acceptors (Lipinski definition) is 12. The van der Waals surface area contributed by atoms with E-state index < -0.39 is 57.8 Å². The number of phenolic OH excluding ortho intramolecular Hbond substituents is 1. The number of aliphatic carboxylic acids is 1. The van der Waals surface area contributed by atoms with Crippen LogP contribution in [0, 0.1) is 0 Å². The van der Waals surface area contributed by atoms with Gasteiger partial charge in [0.15, 0.2) is 0 Å². The zero-order valence-electron chi connectivity index (χ0n) is 18.4. The van der Waals surface area contributed by atoms with Gasteiger partial charge in [0.25, 0.3) is 0 Å². The van der Waals surface area contributed by atoms with E-state index in [9.17, 15) is 5.11 Å². The number of rotatable bonds is 5. The van der Waals surface area contributed by atoms with Gasteiger partial charge in [0.05, 0.1) is 24.9 Å². The molecule has 0 heterocycles. The predicted molar refractivity (Wildman–Crippen MR) is 109 cm³/mol. The van der Waals surface area contributed by atoms with Gasteiger partial charge in [-0.25, -0.2) is 0 Å². The fourth-order valence-electron chi connectivity index (χ4n) is 1.30. The van der Waals surface area contributed by atoms with E-state index in [0.717, 1.165) is 6.92 Å². The van der Waals surface area contributed by atoms with Crippen molar-refractivity contribution in [2.24, 2.45) is 0 Å². The van der Waals surface area contributed by atoms with Gasteiger partial charge in [-0.15, -0.1) is 0 Å². The van der Waals surface area contributed by atoms with Gasteiger partial charge in [0, 0.05) is 12.4 Å². The minimum atomic E-state index is -4.67. The molecule has 1 aromatic carbocycles. The first-order valence-corrected chi connectivity index (χ1v) is 11.0. The van der Waals surface area contributed by atoms with Crippen molar-refractivity contribution in [3.05, 3.63) is 30.3 Å². The van der Waals surface area contributed by atoms with E-state index in [2.05, 4.69) is 0 Å². The molecule has 3 unspecified atom stereocenters. The van der Waals surface area contributed by atoms with Crippen molar-refractivity contribution in [2.75, 3.05) is 13.2 Å². The number of carboxylic acid groups (broad SMARTS) is 1. The zero-order valence-corrected chi connectivity index (χ0v) is 22.0. The van der Waals surface area contributed by atoms with Crippen LogP contribution in [0.5, 0.6) is 5.75 Å². The third-order valence-corrected chi connectivity index (χ3v) is 2.51. The Labute approximate surface area is 218 Å². The first-order chi connectivity index (χ1) is 14.6. The van der Waals surface area contributed by atoms with E-state index in [1.165, 1.54) is 6.92 Å². The largest absolute Gasteiger partial charge is 1.00 e. The molecule has 19 heteroatoms. The van der Waals surface area contributed by atoms with E-state index in [-0.39, 0.29) is 36.0 Å². The van der Waals surface area contributed by atoms with Crippen molar-refractivity contribution in [3.8, 4) is 5.75 Å². The number of phenols is 1. The topological polar surface area (TPSA) is 311 Å². The van der Waals surface area contributed by atoms with Gasteiger partial charge in [-0.05, 0) is 26.0 Å². The van der Waals surface area contributed by atoms with Gasteiger partial charge >= 0.3 is 50.4 Å². The van der Waals surface area contributed by atoms with Gasteiger partial charge in [-0.3, -0.25) is 18.2 Å². The summed E-state index contributed by atoms with van der Waals surface area (Å²) in [6, 6.07) is 8.71. The number of aliphatic hydroxyl groups excluding tert-OH is 4. The molecule has 10 N–H and O–H groups in total. The SMILES string of the molecule is CC(=O)[O-].CC(O)(CC(O)CO)C(O)CO.O=S(=O)(O)O.O=S(=O)(O)O.Oc1ccccc1.[Na+]. The number of benzene rings is 1. The van der Waals surface area contributed by atoms with Gasteiger partial charge in [-0.1, -0.05) is 18.2 Å². The molecule has 0 aromatic heterocycles. The van der Waals surface area contributed by atoms with Gasteiger partial charge in [-0.2, -0.15) is 16.8 Å². The summed E-state index contributed by atoms with van der Waals surface area (Å²) in [6.07, 6.45) is -2.56. The number of carbonyl (C=O) groups excluding carboxylic acids is 1. The normalized spacial score (nSPS) is 13.5. The minimum absolute atomic E-state index is 0. The van der Waals surface area contributed by atoms with Crippen molar-refractivity contribution in [1.29, 1.82) is 0 Å². The van der Waals surface area contributed by atoms with Crippen molar-refractivity contribution in [3.63, 3.8) is 0 Å². The maximum Gasteiger partial charge on any atom is 1.00 e. The fourth-order valence-corrected chi connectivity index (χ4v) is 1.30. The quantitative estimate of drug-likeness (QED) is 0.120. The number of carbonyl (C=O) groups is 1. The summed E-state index contributed by atoms with van der Waals surface area (Å²) in [5.74, 6) is -0.762. The Morgan fingerprint density at radius 3 is 1.41 bits per heavy atom. The van der Waals surface area contributed by atoms with E-state index in [1.807, 2.05) is 6.07 Å². The summed E-state index contributed by atoms with van der Waals surface area (Å²) in [6.45, 7) is 1.20. The Kier molecular flexibility index (Phi) is 28.5. The van der Waals surface area contributed by atoms with Crippen LogP contribution in [0.25, 0.3) is 0 Å². The number of para-hydroxylation sites is 1. The standard InChI is InChI=1S/C7H16O5.C6H6O.C2H4O2.Na.2H2O4S/c1-7(12,6(11)4-9)2-5(10)3-8;7-6-4-2-1-3-5-6;1-2(3)4;;2*1-5(2,3)4/h5-6,8-12H,2-4H2,1H3;1-5,7H;1H3,(H,3,4);;2*(H2,1,2,3,4)/q;;;+1;;/p-1. The Balaban J connectivity index is -0.000000110. The number of aliphatic hydroxyl groups is 5. The van der Waals surface area contributed by atoms with E-state index in [0.29, 0.717) is 5.75 Å². The molecule has 0 saturated carbocycles. The van der Waals surface area contributed by atoms with Gasteiger partial charge < -0.3 is 40.5 Å². The summed E-state index contributed by atoms with van der Waals surface area (Å²) in [7, 11) is -9.33. The van der Waals surface area contributed by atoms with Gasteiger partial charge in [0.1, 0.15) is 11.9 Å². The molecule has 198 valence electrons. The molecule has 0 amide bonds. The summed E-state index contributed by atoms with van der Waals surface area (Å²) in [4.78, 5) is 8.89. The van der Waals surface area contributed by atoms with E-state index >= 15 is 0 Å². The summed E-state index contributed by atoms with van der Waals surface area (Å²) in [5, 5.41) is 61.8. The van der Waals surface area contributed by atoms with Crippen molar-refractivity contribution >= 4 is 26.8 Å². The second kappa shape index (κ2) is 22.5. The molecule has 0 bridgehead atoms. The van der Waals surface area contributed by atoms with E-state index in [1.54, 1.807) is 24.3 Å². The molecule has 0 aliphatic carbocycles. The third-order valence-electron chi connectivity index (χ3n) is 2.51. The first-order valence-electron chi connectivity index (χ1n) is 8.18. The monoisotopic (exact) mass is 552 g/mol. The average molecular weight is 553 g/mol. The number of carboxylic acids is 1. The molecule has 1 aromatic rings. The molecule has 0 fully saturated rings. The van der Waals surface area contributed by atoms with Crippen LogP contribution in [0.4, 0.5) is 0 Å². The van der Waals surface area contributed by atoms with Gasteiger partial charge in [0.2, 0.25) is 0 Å². The Bertz CT molecular complexity index is 764. The Morgan fingerprint density at radius 1 is 0.941 bits per heavy atom.